The normalized spacial score (nSPS) is 21.6. The Bertz CT molecular complexity index is 639. The second-order valence-electron chi connectivity index (χ2n) is 6.56. The predicted molar refractivity (Wildman–Crippen MR) is 103 cm³/mol. The van der Waals surface area contributed by atoms with E-state index in [1.54, 1.807) is 6.08 Å². The lowest BCUT2D eigenvalue weighted by Crippen LogP contribution is -2.17. The number of hydrogen-bond acceptors (Lipinski definition) is 3. The summed E-state index contributed by atoms with van der Waals surface area (Å²) in [7, 11) is 0. The van der Waals surface area contributed by atoms with E-state index in [4.69, 9.17) is 10.5 Å². The summed E-state index contributed by atoms with van der Waals surface area (Å²) in [5.74, 6) is 0.474. The molecule has 128 valence electrons. The summed E-state index contributed by atoms with van der Waals surface area (Å²) in [5.41, 5.74) is 11.8. The van der Waals surface area contributed by atoms with Crippen LogP contribution in [0.5, 0.6) is 0 Å². The molecule has 2 rings (SSSR count). The monoisotopic (exact) mass is 324 g/mol. The molecule has 0 spiro atoms. The summed E-state index contributed by atoms with van der Waals surface area (Å²) < 4.78 is 5.95. The van der Waals surface area contributed by atoms with E-state index in [-0.39, 0.29) is 6.10 Å². The van der Waals surface area contributed by atoms with Gasteiger partial charge in [-0.25, -0.2) is 4.99 Å². The fraction of sp³-hybridized carbons (Fsp3) is 0.381. The van der Waals surface area contributed by atoms with Crippen LogP contribution < -0.4 is 5.73 Å². The molecule has 2 saturated carbocycles. The van der Waals surface area contributed by atoms with Crippen molar-refractivity contribution >= 4 is 6.72 Å². The third-order valence-corrected chi connectivity index (χ3v) is 4.75. The van der Waals surface area contributed by atoms with Gasteiger partial charge in [-0.15, -0.1) is 0 Å². The number of aliphatic imine (C=N–C) groups is 1. The molecule has 0 aliphatic heterocycles. The Morgan fingerprint density at radius 1 is 1.12 bits per heavy atom. The van der Waals surface area contributed by atoms with E-state index in [1.807, 2.05) is 0 Å². The van der Waals surface area contributed by atoms with Gasteiger partial charge in [0.1, 0.15) is 6.10 Å². The Hall–Kier alpha value is -2.29. The highest BCUT2D eigenvalue weighted by Gasteiger charge is 2.19. The highest BCUT2D eigenvalue weighted by atomic mass is 16.5. The molecule has 3 nitrogen and oxygen atoms in total. The largest absolute Gasteiger partial charge is 0.474 e. The minimum Gasteiger partial charge on any atom is -0.474 e. The van der Waals surface area contributed by atoms with Crippen LogP contribution in [0.3, 0.4) is 0 Å². The Balaban J connectivity index is 2.05. The summed E-state index contributed by atoms with van der Waals surface area (Å²) in [6, 6.07) is 0. The van der Waals surface area contributed by atoms with E-state index in [2.05, 4.69) is 38.0 Å². The lowest BCUT2D eigenvalue weighted by molar-refractivity contribution is 0.0913. The summed E-state index contributed by atoms with van der Waals surface area (Å²) in [6.07, 6.45) is 8.91. The highest BCUT2D eigenvalue weighted by molar-refractivity contribution is 5.54. The van der Waals surface area contributed by atoms with Gasteiger partial charge in [0.2, 0.25) is 5.88 Å². The quantitative estimate of drug-likeness (QED) is 0.319. The van der Waals surface area contributed by atoms with Gasteiger partial charge in [-0.3, -0.25) is 0 Å². The summed E-state index contributed by atoms with van der Waals surface area (Å²) >= 11 is 0. The van der Waals surface area contributed by atoms with E-state index in [0.717, 1.165) is 56.1 Å². The summed E-state index contributed by atoms with van der Waals surface area (Å²) in [5, 5.41) is 0. The molecule has 2 N–H and O–H groups in total. The zero-order valence-corrected chi connectivity index (χ0v) is 14.6. The van der Waals surface area contributed by atoms with Crippen molar-refractivity contribution in [1.82, 2.24) is 0 Å². The fourth-order valence-electron chi connectivity index (χ4n) is 3.13. The molecule has 0 amide bonds. The molecule has 0 aromatic carbocycles. The first-order valence-electron chi connectivity index (χ1n) is 8.49. The number of nitrogens with two attached hydrogens (primary N) is 1. The number of ether oxygens (including phenoxy) is 1. The van der Waals surface area contributed by atoms with Crippen molar-refractivity contribution in [3.05, 3.63) is 71.8 Å². The SMILES string of the molecule is C=N/C(=C\C(=C)C(=C)/C(N)=C1/CCCC1=C)OC1CCC(=C)CC1. The van der Waals surface area contributed by atoms with Gasteiger partial charge in [0.25, 0.3) is 0 Å². The highest BCUT2D eigenvalue weighted by Crippen LogP contribution is 2.33. The lowest BCUT2D eigenvalue weighted by Gasteiger charge is -2.24. The molecule has 0 aromatic rings. The van der Waals surface area contributed by atoms with Crippen LogP contribution in [-0.4, -0.2) is 12.8 Å². The number of allylic oxidation sites excluding steroid dienone is 5. The smallest absolute Gasteiger partial charge is 0.213 e. The molecule has 2 aliphatic carbocycles. The van der Waals surface area contributed by atoms with Crippen LogP contribution in [0.1, 0.15) is 44.9 Å². The minimum absolute atomic E-state index is 0.152. The molecular weight excluding hydrogens is 296 g/mol. The van der Waals surface area contributed by atoms with Crippen LogP contribution in [0.4, 0.5) is 0 Å². The number of hydrogen-bond donors (Lipinski definition) is 1. The summed E-state index contributed by atoms with van der Waals surface area (Å²) in [4.78, 5) is 3.99. The van der Waals surface area contributed by atoms with Crippen molar-refractivity contribution in [2.75, 3.05) is 0 Å². The van der Waals surface area contributed by atoms with Gasteiger partial charge in [0.15, 0.2) is 0 Å². The maximum Gasteiger partial charge on any atom is 0.213 e. The first kappa shape index (κ1) is 18.1. The molecule has 0 bridgehead atoms. The van der Waals surface area contributed by atoms with E-state index in [0.29, 0.717) is 22.7 Å². The summed E-state index contributed by atoms with van der Waals surface area (Å²) in [6.45, 7) is 19.8. The molecule has 0 atom stereocenters. The molecule has 2 aliphatic rings. The van der Waals surface area contributed by atoms with E-state index < -0.39 is 0 Å². The average molecular weight is 324 g/mol. The molecule has 0 saturated heterocycles. The maximum atomic E-state index is 6.26. The number of nitrogens with zero attached hydrogens (tertiary/aromatic N) is 1. The van der Waals surface area contributed by atoms with Gasteiger partial charge in [-0.2, -0.15) is 0 Å². The molecule has 0 aromatic heterocycles. The van der Waals surface area contributed by atoms with Gasteiger partial charge in [0, 0.05) is 11.8 Å². The van der Waals surface area contributed by atoms with Gasteiger partial charge in [-0.1, -0.05) is 31.9 Å². The van der Waals surface area contributed by atoms with Gasteiger partial charge >= 0.3 is 0 Å². The first-order valence-corrected chi connectivity index (χ1v) is 8.49. The Morgan fingerprint density at radius 3 is 2.33 bits per heavy atom. The Labute approximate surface area is 145 Å². The third kappa shape index (κ3) is 4.38. The van der Waals surface area contributed by atoms with E-state index in [9.17, 15) is 0 Å². The van der Waals surface area contributed by atoms with Crippen LogP contribution in [-0.2, 0) is 4.74 Å². The van der Waals surface area contributed by atoms with E-state index >= 15 is 0 Å². The first-order chi connectivity index (χ1) is 11.4. The predicted octanol–water partition coefficient (Wildman–Crippen LogP) is 5.11. The van der Waals surface area contributed by atoms with Crippen LogP contribution in [0.2, 0.25) is 0 Å². The van der Waals surface area contributed by atoms with E-state index in [1.165, 1.54) is 5.57 Å². The Morgan fingerprint density at radius 2 is 1.79 bits per heavy atom. The minimum atomic E-state index is 0.152. The van der Waals surface area contributed by atoms with Crippen LogP contribution in [0.15, 0.2) is 76.8 Å². The van der Waals surface area contributed by atoms with Crippen molar-refractivity contribution in [3.8, 4) is 0 Å². The zero-order valence-electron chi connectivity index (χ0n) is 14.6. The lowest BCUT2D eigenvalue weighted by atomic mass is 9.94. The Kier molecular flexibility index (Phi) is 6.02. The molecule has 24 heavy (non-hydrogen) atoms. The van der Waals surface area contributed by atoms with Crippen molar-refractivity contribution < 1.29 is 4.74 Å². The van der Waals surface area contributed by atoms with Crippen molar-refractivity contribution in [2.24, 2.45) is 10.7 Å². The van der Waals surface area contributed by atoms with Crippen LogP contribution in [0.25, 0.3) is 0 Å². The molecule has 2 fully saturated rings. The van der Waals surface area contributed by atoms with Crippen LogP contribution >= 0.6 is 0 Å². The fourth-order valence-corrected chi connectivity index (χ4v) is 3.13. The topological polar surface area (TPSA) is 47.6 Å². The second kappa shape index (κ2) is 8.00. The molecule has 0 radical (unpaired) electrons. The third-order valence-electron chi connectivity index (χ3n) is 4.75. The molecular formula is C21H28N2O. The van der Waals surface area contributed by atoms with Gasteiger partial charge in [0.05, 0.1) is 0 Å². The standard InChI is InChI=1S/C21H28N2O/c1-14-9-11-18(12-10-14)24-20(23-5)13-16(3)17(4)21(22)19-8-6-7-15(19)2/h13,18H,1-12,22H2/b20-13+,21-19+. The number of rotatable bonds is 6. The van der Waals surface area contributed by atoms with Crippen molar-refractivity contribution in [1.29, 1.82) is 0 Å². The van der Waals surface area contributed by atoms with Gasteiger partial charge in [-0.05, 0) is 74.0 Å². The van der Waals surface area contributed by atoms with Crippen molar-refractivity contribution in [3.63, 3.8) is 0 Å². The molecule has 0 unspecified atom stereocenters. The van der Waals surface area contributed by atoms with Gasteiger partial charge < -0.3 is 10.5 Å². The molecule has 0 heterocycles. The van der Waals surface area contributed by atoms with Crippen molar-refractivity contribution in [2.45, 2.75) is 51.0 Å². The van der Waals surface area contributed by atoms with Crippen LogP contribution in [0, 0.1) is 0 Å². The zero-order chi connectivity index (χ0) is 17.7. The maximum absolute atomic E-state index is 6.26. The average Bonchev–Trinajstić information content (AvgIpc) is 3.00. The molecule has 3 heteroatoms. The second-order valence-corrected chi connectivity index (χ2v) is 6.56.